The van der Waals surface area contributed by atoms with Gasteiger partial charge in [0.2, 0.25) is 0 Å². The van der Waals surface area contributed by atoms with Crippen LogP contribution in [0, 0.1) is 5.92 Å². The third-order valence-corrected chi connectivity index (χ3v) is 6.12. The lowest BCUT2D eigenvalue weighted by Crippen LogP contribution is -2.58. The van der Waals surface area contributed by atoms with Crippen LogP contribution >= 0.6 is 0 Å². The van der Waals surface area contributed by atoms with Crippen molar-refractivity contribution in [1.82, 2.24) is 4.90 Å². The quantitative estimate of drug-likeness (QED) is 0.793. The molecule has 0 spiro atoms. The predicted molar refractivity (Wildman–Crippen MR) is 67.7 cm³/mol. The molecule has 4 nitrogen and oxygen atoms in total. The van der Waals surface area contributed by atoms with Crippen LogP contribution in [0.1, 0.15) is 32.6 Å². The topological polar surface area (TPSA) is 57.6 Å². The van der Waals surface area contributed by atoms with Crippen LogP contribution in [0.15, 0.2) is 0 Å². The highest BCUT2D eigenvalue weighted by Gasteiger charge is 2.41. The molecular weight excluding hydrogens is 238 g/mol. The molecule has 1 saturated heterocycles. The molecule has 5 heteroatoms. The first-order chi connectivity index (χ1) is 7.97. The molecule has 1 heterocycles. The number of aliphatic hydroxyl groups excluding tert-OH is 1. The van der Waals surface area contributed by atoms with Crippen molar-refractivity contribution in [2.24, 2.45) is 5.92 Å². The van der Waals surface area contributed by atoms with E-state index in [1.807, 2.05) is 0 Å². The summed E-state index contributed by atoms with van der Waals surface area (Å²) >= 11 is 0. The van der Waals surface area contributed by atoms with Gasteiger partial charge in [0.1, 0.15) is 0 Å². The van der Waals surface area contributed by atoms with E-state index in [4.69, 9.17) is 0 Å². The first-order valence-corrected chi connectivity index (χ1v) is 8.36. The van der Waals surface area contributed by atoms with Gasteiger partial charge >= 0.3 is 0 Å². The van der Waals surface area contributed by atoms with Crippen LogP contribution in [-0.2, 0) is 9.84 Å². The molecule has 2 rings (SSSR count). The van der Waals surface area contributed by atoms with Gasteiger partial charge in [-0.15, -0.1) is 0 Å². The van der Waals surface area contributed by atoms with Gasteiger partial charge in [-0.25, -0.2) is 8.42 Å². The fourth-order valence-electron chi connectivity index (χ4n) is 3.06. The van der Waals surface area contributed by atoms with Gasteiger partial charge in [0.05, 0.1) is 18.1 Å². The molecule has 1 aliphatic heterocycles. The van der Waals surface area contributed by atoms with Gasteiger partial charge in [-0.2, -0.15) is 0 Å². The van der Waals surface area contributed by atoms with E-state index in [1.54, 1.807) is 0 Å². The lowest BCUT2D eigenvalue weighted by atomic mass is 9.76. The van der Waals surface area contributed by atoms with Crippen LogP contribution in [0.5, 0.6) is 0 Å². The van der Waals surface area contributed by atoms with E-state index in [2.05, 4.69) is 11.8 Å². The summed E-state index contributed by atoms with van der Waals surface area (Å²) in [5.41, 5.74) is -0.136. The highest BCUT2D eigenvalue weighted by atomic mass is 32.2. The van der Waals surface area contributed by atoms with E-state index >= 15 is 0 Å². The number of hydrogen-bond acceptors (Lipinski definition) is 4. The number of sulfone groups is 1. The van der Waals surface area contributed by atoms with E-state index < -0.39 is 9.84 Å². The number of hydrogen-bond donors (Lipinski definition) is 1. The van der Waals surface area contributed by atoms with Gasteiger partial charge < -0.3 is 5.11 Å². The SMILES string of the molecule is CC1CCC(CO)(N2CCS(=O)(=O)CC2)CC1. The van der Waals surface area contributed by atoms with Gasteiger partial charge in [-0.05, 0) is 31.6 Å². The molecule has 2 aliphatic rings. The Morgan fingerprint density at radius 1 is 1.24 bits per heavy atom. The van der Waals surface area contributed by atoms with E-state index in [9.17, 15) is 13.5 Å². The largest absolute Gasteiger partial charge is 0.394 e. The lowest BCUT2D eigenvalue weighted by Gasteiger charge is -2.48. The van der Waals surface area contributed by atoms with E-state index in [0.29, 0.717) is 13.1 Å². The van der Waals surface area contributed by atoms with Crippen molar-refractivity contribution >= 4 is 9.84 Å². The molecule has 0 amide bonds. The Bertz CT molecular complexity index is 344. The van der Waals surface area contributed by atoms with Crippen LogP contribution in [-0.4, -0.2) is 55.2 Å². The summed E-state index contributed by atoms with van der Waals surface area (Å²) in [7, 11) is -2.82. The summed E-state index contributed by atoms with van der Waals surface area (Å²) in [6.45, 7) is 3.61. The Morgan fingerprint density at radius 3 is 2.24 bits per heavy atom. The average molecular weight is 261 g/mol. The third kappa shape index (κ3) is 2.83. The number of nitrogens with zero attached hydrogens (tertiary/aromatic N) is 1. The number of aliphatic hydroxyl groups is 1. The second-order valence-electron chi connectivity index (χ2n) is 5.70. The standard InChI is InChI=1S/C12H23NO3S/c1-11-2-4-12(10-14,5-3-11)13-6-8-17(15,16)9-7-13/h11,14H,2-10H2,1H3. The van der Waals surface area contributed by atoms with Crippen LogP contribution < -0.4 is 0 Å². The first-order valence-electron chi connectivity index (χ1n) is 6.54. The second kappa shape index (κ2) is 4.86. The van der Waals surface area contributed by atoms with Crippen LogP contribution in [0.4, 0.5) is 0 Å². The molecule has 17 heavy (non-hydrogen) atoms. The summed E-state index contributed by atoms with van der Waals surface area (Å²) in [6.07, 6.45) is 4.29. The summed E-state index contributed by atoms with van der Waals surface area (Å²) in [4.78, 5) is 2.22. The molecule has 0 atom stereocenters. The average Bonchev–Trinajstić information content (AvgIpc) is 2.31. The highest BCUT2D eigenvalue weighted by Crippen LogP contribution is 2.36. The van der Waals surface area contributed by atoms with Gasteiger partial charge in [0, 0.05) is 18.6 Å². The molecule has 0 unspecified atom stereocenters. The Labute approximate surface area is 104 Å². The minimum Gasteiger partial charge on any atom is -0.394 e. The van der Waals surface area contributed by atoms with Crippen molar-refractivity contribution in [1.29, 1.82) is 0 Å². The van der Waals surface area contributed by atoms with E-state index in [0.717, 1.165) is 31.6 Å². The molecular formula is C12H23NO3S. The molecule has 1 N–H and O–H groups in total. The summed E-state index contributed by atoms with van der Waals surface area (Å²) in [5.74, 6) is 1.25. The smallest absolute Gasteiger partial charge is 0.152 e. The lowest BCUT2D eigenvalue weighted by molar-refractivity contribution is -0.00292. The fourth-order valence-corrected chi connectivity index (χ4v) is 4.26. The maximum absolute atomic E-state index is 11.4. The third-order valence-electron chi connectivity index (χ3n) is 4.51. The zero-order chi connectivity index (χ0) is 12.5. The zero-order valence-electron chi connectivity index (χ0n) is 10.6. The molecule has 100 valence electrons. The van der Waals surface area contributed by atoms with E-state index in [-0.39, 0.29) is 23.7 Å². The van der Waals surface area contributed by atoms with Crippen molar-refractivity contribution in [3.63, 3.8) is 0 Å². The molecule has 1 saturated carbocycles. The van der Waals surface area contributed by atoms with Crippen molar-refractivity contribution in [2.45, 2.75) is 38.1 Å². The minimum atomic E-state index is -2.82. The maximum Gasteiger partial charge on any atom is 0.152 e. The van der Waals surface area contributed by atoms with Crippen LogP contribution in [0.3, 0.4) is 0 Å². The summed E-state index contributed by atoms with van der Waals surface area (Å²) < 4.78 is 22.9. The van der Waals surface area contributed by atoms with Crippen LogP contribution in [0.2, 0.25) is 0 Å². The number of rotatable bonds is 2. The second-order valence-corrected chi connectivity index (χ2v) is 8.01. The molecule has 0 radical (unpaired) electrons. The monoisotopic (exact) mass is 261 g/mol. The van der Waals surface area contributed by atoms with Gasteiger partial charge in [-0.1, -0.05) is 6.92 Å². The molecule has 2 fully saturated rings. The van der Waals surface area contributed by atoms with Crippen molar-refractivity contribution in [3.8, 4) is 0 Å². The molecule has 0 aromatic carbocycles. The zero-order valence-corrected chi connectivity index (χ0v) is 11.4. The highest BCUT2D eigenvalue weighted by molar-refractivity contribution is 7.91. The van der Waals surface area contributed by atoms with Gasteiger partial charge in [0.15, 0.2) is 9.84 Å². The molecule has 0 bridgehead atoms. The van der Waals surface area contributed by atoms with E-state index in [1.165, 1.54) is 0 Å². The predicted octanol–water partition coefficient (Wildman–Crippen LogP) is 0.658. The van der Waals surface area contributed by atoms with Gasteiger partial charge in [0.25, 0.3) is 0 Å². The Hall–Kier alpha value is -0.130. The Morgan fingerprint density at radius 2 is 1.76 bits per heavy atom. The van der Waals surface area contributed by atoms with Crippen LogP contribution in [0.25, 0.3) is 0 Å². The maximum atomic E-state index is 11.4. The molecule has 0 aromatic heterocycles. The summed E-state index contributed by atoms with van der Waals surface area (Å²) in [6, 6.07) is 0. The van der Waals surface area contributed by atoms with Crippen molar-refractivity contribution < 1.29 is 13.5 Å². The molecule has 0 aromatic rings. The normalized spacial score (nSPS) is 39.1. The van der Waals surface area contributed by atoms with Crippen molar-refractivity contribution in [2.75, 3.05) is 31.2 Å². The summed E-state index contributed by atoms with van der Waals surface area (Å²) in [5, 5.41) is 9.72. The van der Waals surface area contributed by atoms with Gasteiger partial charge in [-0.3, -0.25) is 4.90 Å². The van der Waals surface area contributed by atoms with Crippen molar-refractivity contribution in [3.05, 3.63) is 0 Å². The minimum absolute atomic E-state index is 0.136. The first kappa shape index (κ1) is 13.3. The Balaban J connectivity index is 2.04. The fraction of sp³-hybridized carbons (Fsp3) is 1.00. The Kier molecular flexibility index (Phi) is 3.80. The molecule has 1 aliphatic carbocycles.